The molecule has 0 saturated carbocycles. The van der Waals surface area contributed by atoms with Gasteiger partial charge in [-0.2, -0.15) is 0 Å². The van der Waals surface area contributed by atoms with E-state index in [1.165, 1.54) is 0 Å². The van der Waals surface area contributed by atoms with E-state index in [0.717, 1.165) is 5.76 Å². The van der Waals surface area contributed by atoms with Crippen LogP contribution in [0.25, 0.3) is 0 Å². The Balaban J connectivity index is 2.19. The smallest absolute Gasteiger partial charge is 0.123 e. The number of hydrogen-bond acceptors (Lipinski definition) is 2. The maximum atomic E-state index is 12.2. The van der Waals surface area contributed by atoms with Crippen LogP contribution in [0, 0.1) is 0 Å². The predicted molar refractivity (Wildman–Crippen MR) is 65.2 cm³/mol. The average molecular weight is 239 g/mol. The van der Waals surface area contributed by atoms with E-state index in [1.54, 1.807) is 6.26 Å². The minimum absolute atomic E-state index is 0.0903. The second kappa shape index (κ2) is 3.86. The predicted octanol–water partition coefficient (Wildman–Crippen LogP) is 2.65. The summed E-state index contributed by atoms with van der Waals surface area (Å²) in [6.45, 7) is 9.70. The van der Waals surface area contributed by atoms with E-state index in [9.17, 15) is 4.21 Å². The molecule has 4 heteroatoms. The second-order valence-corrected chi connectivity index (χ2v) is 7.05. The molecule has 1 aliphatic heterocycles. The molecule has 1 unspecified atom stereocenters. The number of furan rings is 1. The summed E-state index contributed by atoms with van der Waals surface area (Å²) in [6.07, 6.45) is 3.48. The molecule has 88 valence electrons. The van der Waals surface area contributed by atoms with Crippen molar-refractivity contribution in [3.8, 4) is 0 Å². The maximum absolute atomic E-state index is 12.2. The van der Waals surface area contributed by atoms with E-state index in [1.807, 2.05) is 43.3 Å². The van der Waals surface area contributed by atoms with Crippen LogP contribution in [0.15, 0.2) is 35.5 Å². The zero-order valence-electron chi connectivity index (χ0n) is 9.84. The van der Waals surface area contributed by atoms with Crippen molar-refractivity contribution in [3.63, 3.8) is 0 Å². The third-order valence-corrected chi connectivity index (χ3v) is 4.49. The second-order valence-electron chi connectivity index (χ2n) is 4.91. The van der Waals surface area contributed by atoms with Gasteiger partial charge in [0.05, 0.1) is 17.1 Å². The summed E-state index contributed by atoms with van der Waals surface area (Å²) in [5.41, 5.74) is 0. The molecular formula is C12H17NO2S. The average Bonchev–Trinajstić information content (AvgIpc) is 2.67. The van der Waals surface area contributed by atoms with Crippen molar-refractivity contribution in [2.45, 2.75) is 37.6 Å². The Morgan fingerprint density at radius 1 is 1.56 bits per heavy atom. The summed E-state index contributed by atoms with van der Waals surface area (Å²) in [5.74, 6) is 0.863. The summed E-state index contributed by atoms with van der Waals surface area (Å²) >= 11 is 0. The van der Waals surface area contributed by atoms with E-state index in [0.29, 0.717) is 0 Å². The van der Waals surface area contributed by atoms with E-state index >= 15 is 0 Å². The van der Waals surface area contributed by atoms with Crippen LogP contribution in [0.3, 0.4) is 0 Å². The molecule has 3 nitrogen and oxygen atoms in total. The monoisotopic (exact) mass is 239 g/mol. The van der Waals surface area contributed by atoms with Crippen molar-refractivity contribution in [2.75, 3.05) is 0 Å². The summed E-state index contributed by atoms with van der Waals surface area (Å²) < 4.78 is 19.3. The molecule has 0 radical (unpaired) electrons. The fraction of sp³-hybridized carbons (Fsp3) is 0.500. The third kappa shape index (κ3) is 1.87. The lowest BCUT2D eigenvalue weighted by Gasteiger charge is -2.18. The van der Waals surface area contributed by atoms with Crippen molar-refractivity contribution in [2.24, 2.45) is 0 Å². The van der Waals surface area contributed by atoms with Gasteiger partial charge < -0.3 is 4.42 Å². The molecule has 1 aliphatic rings. The fourth-order valence-electron chi connectivity index (χ4n) is 1.74. The van der Waals surface area contributed by atoms with Crippen molar-refractivity contribution < 1.29 is 8.63 Å². The molecule has 4 atom stereocenters. The molecule has 0 bridgehead atoms. The van der Waals surface area contributed by atoms with Crippen LogP contribution in [0.2, 0.25) is 0 Å². The zero-order chi connectivity index (χ0) is 11.9. The normalized spacial score (nSPS) is 31.1. The Hall–Kier alpha value is -0.870. The van der Waals surface area contributed by atoms with Gasteiger partial charge in [0.1, 0.15) is 22.8 Å². The van der Waals surface area contributed by atoms with Crippen molar-refractivity contribution in [1.82, 2.24) is 4.31 Å². The molecule has 1 saturated heterocycles. The molecule has 0 amide bonds. The van der Waals surface area contributed by atoms with Crippen LogP contribution in [0.5, 0.6) is 0 Å². The molecule has 0 aromatic carbocycles. The quantitative estimate of drug-likeness (QED) is 0.600. The Labute approximate surface area is 98.7 Å². The van der Waals surface area contributed by atoms with Crippen LogP contribution in [0.1, 0.15) is 32.6 Å². The van der Waals surface area contributed by atoms with Gasteiger partial charge in [-0.15, -0.1) is 6.58 Å². The zero-order valence-corrected chi connectivity index (χ0v) is 10.7. The summed E-state index contributed by atoms with van der Waals surface area (Å²) in [6, 6.07) is 3.99. The molecule has 2 rings (SSSR count). The van der Waals surface area contributed by atoms with Gasteiger partial charge in [0, 0.05) is 0 Å². The molecule has 0 N–H and O–H groups in total. The van der Waals surface area contributed by atoms with Gasteiger partial charge in [0.25, 0.3) is 0 Å². The van der Waals surface area contributed by atoms with Crippen LogP contribution < -0.4 is 0 Å². The van der Waals surface area contributed by atoms with E-state index in [4.69, 9.17) is 4.42 Å². The lowest BCUT2D eigenvalue weighted by Crippen LogP contribution is -2.28. The van der Waals surface area contributed by atoms with E-state index < -0.39 is 11.0 Å². The minimum atomic E-state index is -1.02. The molecular weight excluding hydrogens is 222 g/mol. The van der Waals surface area contributed by atoms with Gasteiger partial charge in [-0.1, -0.05) is 6.08 Å². The summed E-state index contributed by atoms with van der Waals surface area (Å²) in [7, 11) is -1.02. The minimum Gasteiger partial charge on any atom is -0.468 e. The standard InChI is InChI=1S/C12H17NO2S/c1-5-9-11(10-7-6-8-15-10)13(9)16(14)12(2,3)4/h5-9,11H,1H2,2-4H3/t9-,11+,13?,16-/m1/s1. The summed E-state index contributed by atoms with van der Waals surface area (Å²) in [4.78, 5) is 0. The van der Waals surface area contributed by atoms with Crippen molar-refractivity contribution >= 4 is 11.0 Å². The first-order chi connectivity index (χ1) is 7.46. The van der Waals surface area contributed by atoms with Crippen LogP contribution >= 0.6 is 0 Å². The highest BCUT2D eigenvalue weighted by atomic mass is 32.2. The lowest BCUT2D eigenvalue weighted by atomic mass is 10.2. The van der Waals surface area contributed by atoms with Gasteiger partial charge >= 0.3 is 0 Å². The highest BCUT2D eigenvalue weighted by Crippen LogP contribution is 2.47. The van der Waals surface area contributed by atoms with E-state index in [2.05, 4.69) is 6.58 Å². The SMILES string of the molecule is C=C[C@@H]1[C@@H](c2ccco2)N1[S@](=O)C(C)(C)C. The molecule has 1 fully saturated rings. The van der Waals surface area contributed by atoms with Crippen molar-refractivity contribution in [1.29, 1.82) is 0 Å². The fourth-order valence-corrected chi connectivity index (χ4v) is 3.18. The third-order valence-electron chi connectivity index (χ3n) is 2.59. The van der Waals surface area contributed by atoms with Gasteiger partial charge in [-0.05, 0) is 32.9 Å². The highest BCUT2D eigenvalue weighted by molar-refractivity contribution is 7.84. The molecule has 2 heterocycles. The summed E-state index contributed by atoms with van der Waals surface area (Å²) in [5, 5.41) is 0. The van der Waals surface area contributed by atoms with Gasteiger partial charge in [0.15, 0.2) is 0 Å². The Bertz CT molecular complexity index is 405. The molecule has 16 heavy (non-hydrogen) atoms. The van der Waals surface area contributed by atoms with Gasteiger partial charge in [-0.3, -0.25) is 0 Å². The van der Waals surface area contributed by atoms with Crippen LogP contribution in [-0.4, -0.2) is 19.3 Å². The number of hydrogen-bond donors (Lipinski definition) is 0. The Kier molecular flexibility index (Phi) is 2.80. The van der Waals surface area contributed by atoms with Crippen molar-refractivity contribution in [3.05, 3.63) is 36.8 Å². The van der Waals surface area contributed by atoms with Crippen LogP contribution in [-0.2, 0) is 11.0 Å². The maximum Gasteiger partial charge on any atom is 0.123 e. The van der Waals surface area contributed by atoms with Gasteiger partial charge in [-0.25, -0.2) is 8.51 Å². The molecule has 0 spiro atoms. The van der Waals surface area contributed by atoms with Gasteiger partial charge in [0.2, 0.25) is 0 Å². The lowest BCUT2D eigenvalue weighted by molar-refractivity contribution is 0.493. The Morgan fingerprint density at radius 3 is 2.69 bits per heavy atom. The number of nitrogens with zero attached hydrogens (tertiary/aromatic N) is 1. The first-order valence-electron chi connectivity index (χ1n) is 5.33. The first-order valence-corrected chi connectivity index (χ1v) is 6.44. The molecule has 1 aromatic rings. The van der Waals surface area contributed by atoms with E-state index in [-0.39, 0.29) is 16.8 Å². The molecule has 1 aromatic heterocycles. The first kappa shape index (κ1) is 11.6. The topological polar surface area (TPSA) is 33.2 Å². The van der Waals surface area contributed by atoms with Crippen LogP contribution in [0.4, 0.5) is 0 Å². The Morgan fingerprint density at radius 2 is 2.25 bits per heavy atom. The largest absolute Gasteiger partial charge is 0.468 e. The number of rotatable bonds is 3. The molecule has 0 aliphatic carbocycles. The highest BCUT2D eigenvalue weighted by Gasteiger charge is 2.54.